The Kier molecular flexibility index (Phi) is 4.78. The summed E-state index contributed by atoms with van der Waals surface area (Å²) in [5, 5.41) is 11.1. The number of nitrogens with zero attached hydrogens (tertiary/aromatic N) is 1. The molecule has 0 radical (unpaired) electrons. The van der Waals surface area contributed by atoms with Crippen molar-refractivity contribution in [3.05, 3.63) is 66.2 Å². The van der Waals surface area contributed by atoms with Crippen molar-refractivity contribution >= 4 is 0 Å². The molecule has 2 atom stereocenters. The van der Waals surface area contributed by atoms with Crippen LogP contribution >= 0.6 is 0 Å². The van der Waals surface area contributed by atoms with Crippen LogP contribution in [-0.2, 0) is 6.54 Å². The molecular formula is C22H27NO2. The summed E-state index contributed by atoms with van der Waals surface area (Å²) in [5.74, 6) is 0.885. The average Bonchev–Trinajstić information content (AvgIpc) is 2.88. The van der Waals surface area contributed by atoms with Gasteiger partial charge in [0.15, 0.2) is 0 Å². The molecule has 3 heteroatoms. The third kappa shape index (κ3) is 3.88. The predicted octanol–water partition coefficient (Wildman–Crippen LogP) is 4.01. The van der Waals surface area contributed by atoms with Gasteiger partial charge < -0.3 is 9.84 Å². The van der Waals surface area contributed by atoms with Crippen LogP contribution in [-0.4, -0.2) is 34.3 Å². The number of hydrogen-bond donors (Lipinski definition) is 1. The Bertz CT molecular complexity index is 659. The SMILES string of the molecule is OC1(CCOc2ccccc2)CC2CCC(C1)N2Cc1ccccc1. The first-order valence-electron chi connectivity index (χ1n) is 9.42. The fourth-order valence-electron chi connectivity index (χ4n) is 4.55. The number of aliphatic hydroxyl groups is 1. The molecule has 25 heavy (non-hydrogen) atoms. The van der Waals surface area contributed by atoms with E-state index in [9.17, 15) is 5.11 Å². The van der Waals surface area contributed by atoms with Crippen molar-refractivity contribution in [2.75, 3.05) is 6.61 Å². The first kappa shape index (κ1) is 16.6. The Hall–Kier alpha value is -1.84. The van der Waals surface area contributed by atoms with Crippen molar-refractivity contribution in [2.24, 2.45) is 0 Å². The predicted molar refractivity (Wildman–Crippen MR) is 99.5 cm³/mol. The topological polar surface area (TPSA) is 32.7 Å². The standard InChI is InChI=1S/C22H27NO2/c24-22(13-14-25-21-9-5-2-6-10-21)15-19-11-12-20(16-22)23(19)17-18-7-3-1-4-8-18/h1-10,19-20,24H,11-17H2. The van der Waals surface area contributed by atoms with Gasteiger partial charge in [0.05, 0.1) is 12.2 Å². The quantitative estimate of drug-likeness (QED) is 0.864. The Morgan fingerprint density at radius 2 is 1.52 bits per heavy atom. The molecule has 3 nitrogen and oxygen atoms in total. The Labute approximate surface area is 150 Å². The summed E-state index contributed by atoms with van der Waals surface area (Å²) in [6, 6.07) is 21.6. The van der Waals surface area contributed by atoms with E-state index in [1.807, 2.05) is 30.3 Å². The summed E-state index contributed by atoms with van der Waals surface area (Å²) in [6.07, 6.45) is 4.87. The number of ether oxygens (including phenoxy) is 1. The number of piperidine rings is 1. The molecule has 2 bridgehead atoms. The third-order valence-corrected chi connectivity index (χ3v) is 5.79. The lowest BCUT2D eigenvalue weighted by Crippen LogP contribution is -2.51. The Morgan fingerprint density at radius 1 is 0.920 bits per heavy atom. The summed E-state index contributed by atoms with van der Waals surface area (Å²) in [6.45, 7) is 1.59. The van der Waals surface area contributed by atoms with Crippen LogP contribution < -0.4 is 4.74 Å². The number of hydrogen-bond acceptors (Lipinski definition) is 3. The third-order valence-electron chi connectivity index (χ3n) is 5.79. The van der Waals surface area contributed by atoms with Gasteiger partial charge >= 0.3 is 0 Å². The summed E-state index contributed by atoms with van der Waals surface area (Å²) < 4.78 is 5.81. The van der Waals surface area contributed by atoms with E-state index in [0.717, 1.165) is 25.1 Å². The second kappa shape index (κ2) is 7.19. The van der Waals surface area contributed by atoms with Gasteiger partial charge in [0.1, 0.15) is 5.75 Å². The van der Waals surface area contributed by atoms with E-state index in [0.29, 0.717) is 25.1 Å². The van der Waals surface area contributed by atoms with Crippen LogP contribution in [0, 0.1) is 0 Å². The zero-order valence-corrected chi connectivity index (χ0v) is 14.7. The van der Waals surface area contributed by atoms with Crippen LogP contribution in [0.2, 0.25) is 0 Å². The molecule has 2 aliphatic rings. The van der Waals surface area contributed by atoms with Gasteiger partial charge in [-0.15, -0.1) is 0 Å². The minimum Gasteiger partial charge on any atom is -0.493 e. The van der Waals surface area contributed by atoms with E-state index in [2.05, 4.69) is 35.2 Å². The highest BCUT2D eigenvalue weighted by molar-refractivity contribution is 5.21. The normalized spacial score (nSPS) is 28.8. The van der Waals surface area contributed by atoms with E-state index >= 15 is 0 Å². The lowest BCUT2D eigenvalue weighted by Gasteiger charge is -2.44. The van der Waals surface area contributed by atoms with Gasteiger partial charge in [-0.25, -0.2) is 0 Å². The molecule has 0 saturated carbocycles. The van der Waals surface area contributed by atoms with Crippen LogP contribution in [0.5, 0.6) is 5.75 Å². The molecule has 2 unspecified atom stereocenters. The zero-order chi connectivity index (χ0) is 17.1. The molecular weight excluding hydrogens is 310 g/mol. The van der Waals surface area contributed by atoms with E-state index in [1.54, 1.807) is 0 Å². The van der Waals surface area contributed by atoms with Gasteiger partial charge in [0.2, 0.25) is 0 Å². The van der Waals surface area contributed by atoms with E-state index in [1.165, 1.54) is 18.4 Å². The summed E-state index contributed by atoms with van der Waals surface area (Å²) in [4.78, 5) is 2.61. The maximum atomic E-state index is 11.1. The fourth-order valence-corrected chi connectivity index (χ4v) is 4.55. The van der Waals surface area contributed by atoms with E-state index < -0.39 is 5.60 Å². The molecule has 2 aliphatic heterocycles. The lowest BCUT2D eigenvalue weighted by molar-refractivity contribution is -0.0654. The van der Waals surface area contributed by atoms with Crippen LogP contribution in [0.25, 0.3) is 0 Å². The molecule has 4 rings (SSSR count). The van der Waals surface area contributed by atoms with E-state index in [4.69, 9.17) is 4.74 Å². The van der Waals surface area contributed by atoms with Crippen molar-refractivity contribution in [1.29, 1.82) is 0 Å². The van der Waals surface area contributed by atoms with Crippen molar-refractivity contribution in [1.82, 2.24) is 4.90 Å². The number of para-hydroxylation sites is 1. The number of fused-ring (bicyclic) bond motifs is 2. The van der Waals surface area contributed by atoms with Crippen LogP contribution in [0.3, 0.4) is 0 Å². The smallest absolute Gasteiger partial charge is 0.119 e. The van der Waals surface area contributed by atoms with Crippen molar-refractivity contribution in [2.45, 2.75) is 56.3 Å². The minimum absolute atomic E-state index is 0.501. The summed E-state index contributed by atoms with van der Waals surface area (Å²) in [7, 11) is 0. The number of benzene rings is 2. The molecule has 0 spiro atoms. The fraction of sp³-hybridized carbons (Fsp3) is 0.455. The van der Waals surface area contributed by atoms with Crippen LogP contribution in [0.4, 0.5) is 0 Å². The van der Waals surface area contributed by atoms with Gasteiger partial charge in [-0.2, -0.15) is 0 Å². The van der Waals surface area contributed by atoms with E-state index in [-0.39, 0.29) is 0 Å². The van der Waals surface area contributed by atoms with Crippen molar-refractivity contribution in [3.63, 3.8) is 0 Å². The largest absolute Gasteiger partial charge is 0.493 e. The van der Waals surface area contributed by atoms with Crippen molar-refractivity contribution in [3.8, 4) is 5.75 Å². The van der Waals surface area contributed by atoms with Crippen molar-refractivity contribution < 1.29 is 9.84 Å². The first-order chi connectivity index (χ1) is 12.2. The summed E-state index contributed by atoms with van der Waals surface area (Å²) >= 11 is 0. The maximum Gasteiger partial charge on any atom is 0.119 e. The molecule has 2 saturated heterocycles. The van der Waals surface area contributed by atoms with Crippen LogP contribution in [0.15, 0.2) is 60.7 Å². The van der Waals surface area contributed by atoms with Gasteiger partial charge in [-0.3, -0.25) is 4.90 Å². The molecule has 0 aromatic heterocycles. The van der Waals surface area contributed by atoms with Gasteiger partial charge in [-0.05, 0) is 43.4 Å². The molecule has 2 aromatic rings. The molecule has 2 fully saturated rings. The lowest BCUT2D eigenvalue weighted by atomic mass is 9.83. The Morgan fingerprint density at radius 3 is 2.16 bits per heavy atom. The molecule has 0 aliphatic carbocycles. The maximum absolute atomic E-state index is 11.1. The monoisotopic (exact) mass is 337 g/mol. The van der Waals surface area contributed by atoms with Gasteiger partial charge in [0.25, 0.3) is 0 Å². The minimum atomic E-state index is -0.576. The average molecular weight is 337 g/mol. The first-order valence-corrected chi connectivity index (χ1v) is 9.42. The zero-order valence-electron chi connectivity index (χ0n) is 14.7. The number of rotatable bonds is 6. The van der Waals surface area contributed by atoms with Gasteiger partial charge in [-0.1, -0.05) is 48.5 Å². The highest BCUT2D eigenvalue weighted by Gasteiger charge is 2.47. The summed E-state index contributed by atoms with van der Waals surface area (Å²) in [5.41, 5.74) is 0.797. The highest BCUT2D eigenvalue weighted by atomic mass is 16.5. The molecule has 2 aromatic carbocycles. The Balaban J connectivity index is 1.34. The molecule has 132 valence electrons. The van der Waals surface area contributed by atoms with Gasteiger partial charge in [0, 0.05) is 25.0 Å². The van der Waals surface area contributed by atoms with Crippen LogP contribution in [0.1, 0.15) is 37.7 Å². The molecule has 1 N–H and O–H groups in total. The molecule has 0 amide bonds. The second-order valence-corrected chi connectivity index (χ2v) is 7.59. The molecule has 2 heterocycles. The highest BCUT2D eigenvalue weighted by Crippen LogP contribution is 2.43. The second-order valence-electron chi connectivity index (χ2n) is 7.59.